The zero-order valence-electron chi connectivity index (χ0n) is 12.5. The summed E-state index contributed by atoms with van der Waals surface area (Å²) in [7, 11) is 0. The highest BCUT2D eigenvalue weighted by molar-refractivity contribution is 6.30. The molecule has 0 spiro atoms. The minimum Gasteiger partial charge on any atom is -0.454 e. The van der Waals surface area contributed by atoms with Crippen LogP contribution in [0.25, 0.3) is 0 Å². The van der Waals surface area contributed by atoms with Crippen LogP contribution < -0.4 is 9.47 Å². The van der Waals surface area contributed by atoms with E-state index in [0.29, 0.717) is 16.5 Å². The fourth-order valence-corrected chi connectivity index (χ4v) is 3.28. The number of ether oxygens (including phenoxy) is 2. The van der Waals surface area contributed by atoms with E-state index < -0.39 is 0 Å². The van der Waals surface area contributed by atoms with Gasteiger partial charge >= 0.3 is 0 Å². The van der Waals surface area contributed by atoms with Crippen molar-refractivity contribution in [1.29, 1.82) is 0 Å². The first-order chi connectivity index (χ1) is 11.2. The molecule has 0 radical (unpaired) electrons. The molecule has 0 saturated carbocycles. The quantitative estimate of drug-likeness (QED) is 0.843. The Morgan fingerprint density at radius 3 is 2.70 bits per heavy atom. The van der Waals surface area contributed by atoms with Crippen molar-refractivity contribution in [2.24, 2.45) is 0 Å². The highest BCUT2D eigenvalue weighted by Gasteiger charge is 2.29. The summed E-state index contributed by atoms with van der Waals surface area (Å²) in [6.07, 6.45) is 0.957. The molecule has 118 valence electrons. The van der Waals surface area contributed by atoms with Crippen LogP contribution in [0.15, 0.2) is 42.5 Å². The van der Waals surface area contributed by atoms with E-state index >= 15 is 0 Å². The summed E-state index contributed by atoms with van der Waals surface area (Å²) < 4.78 is 10.8. The van der Waals surface area contributed by atoms with Gasteiger partial charge < -0.3 is 14.4 Å². The minimum atomic E-state index is 0.0601. The molecule has 1 amide bonds. The van der Waals surface area contributed by atoms with Crippen LogP contribution in [0, 0.1) is 0 Å². The molecule has 0 aromatic heterocycles. The summed E-state index contributed by atoms with van der Waals surface area (Å²) in [5.41, 5.74) is 1.88. The summed E-state index contributed by atoms with van der Waals surface area (Å²) in [6, 6.07) is 13.1. The average Bonchev–Trinajstić information content (AvgIpc) is 3.23. The largest absolute Gasteiger partial charge is 0.454 e. The number of benzene rings is 2. The smallest absolute Gasteiger partial charge is 0.253 e. The zero-order chi connectivity index (χ0) is 15.8. The van der Waals surface area contributed by atoms with E-state index in [4.69, 9.17) is 21.1 Å². The van der Waals surface area contributed by atoms with Crippen molar-refractivity contribution in [3.63, 3.8) is 0 Å². The van der Waals surface area contributed by atoms with E-state index in [1.807, 2.05) is 17.0 Å². The molecule has 0 bridgehead atoms. The molecule has 1 unspecified atom stereocenters. The standard InChI is InChI=1S/C18H16ClNO3/c19-15-4-1-12(2-5-15)18(21)20-8-7-14(10-20)13-3-6-16-17(9-13)23-11-22-16/h1-6,9,14H,7-8,10-11H2. The van der Waals surface area contributed by atoms with Gasteiger partial charge in [-0.25, -0.2) is 0 Å². The monoisotopic (exact) mass is 329 g/mol. The van der Waals surface area contributed by atoms with Crippen molar-refractivity contribution in [1.82, 2.24) is 4.90 Å². The molecule has 1 atom stereocenters. The van der Waals surface area contributed by atoms with Crippen molar-refractivity contribution in [2.45, 2.75) is 12.3 Å². The lowest BCUT2D eigenvalue weighted by Gasteiger charge is -2.17. The second-order valence-corrected chi connectivity index (χ2v) is 6.29. The minimum absolute atomic E-state index is 0.0601. The van der Waals surface area contributed by atoms with Crippen LogP contribution >= 0.6 is 11.6 Å². The van der Waals surface area contributed by atoms with Crippen LogP contribution in [-0.4, -0.2) is 30.7 Å². The molecule has 5 heteroatoms. The van der Waals surface area contributed by atoms with Gasteiger partial charge in [0, 0.05) is 29.6 Å². The Labute approximate surface area is 139 Å². The summed E-state index contributed by atoms with van der Waals surface area (Å²) in [6.45, 7) is 1.77. The fraction of sp³-hybridized carbons (Fsp3) is 0.278. The SMILES string of the molecule is O=C(c1ccc(Cl)cc1)N1CCC(c2ccc3c(c2)OCO3)C1. The molecule has 0 aliphatic carbocycles. The van der Waals surface area contributed by atoms with Gasteiger partial charge in [0.1, 0.15) is 0 Å². The van der Waals surface area contributed by atoms with E-state index in [1.165, 1.54) is 5.56 Å². The number of hydrogen-bond donors (Lipinski definition) is 0. The molecule has 2 aliphatic heterocycles. The first-order valence-electron chi connectivity index (χ1n) is 7.65. The van der Waals surface area contributed by atoms with Gasteiger partial charge in [-0.3, -0.25) is 4.79 Å². The Bertz CT molecular complexity index is 744. The van der Waals surface area contributed by atoms with Crippen molar-refractivity contribution in [3.8, 4) is 11.5 Å². The Morgan fingerprint density at radius 2 is 1.87 bits per heavy atom. The number of carbonyl (C=O) groups excluding carboxylic acids is 1. The van der Waals surface area contributed by atoms with Gasteiger partial charge in [-0.1, -0.05) is 17.7 Å². The summed E-state index contributed by atoms with van der Waals surface area (Å²) >= 11 is 5.88. The highest BCUT2D eigenvalue weighted by Crippen LogP contribution is 2.37. The van der Waals surface area contributed by atoms with Gasteiger partial charge in [-0.05, 0) is 48.4 Å². The van der Waals surface area contributed by atoms with Crippen molar-refractivity contribution in [3.05, 3.63) is 58.6 Å². The Hall–Kier alpha value is -2.20. The topological polar surface area (TPSA) is 38.8 Å². The van der Waals surface area contributed by atoms with E-state index in [-0.39, 0.29) is 12.7 Å². The van der Waals surface area contributed by atoms with Crippen molar-refractivity contribution >= 4 is 17.5 Å². The van der Waals surface area contributed by atoms with E-state index in [2.05, 4.69) is 6.07 Å². The van der Waals surface area contributed by atoms with Crippen LogP contribution in [0.1, 0.15) is 28.3 Å². The fourth-order valence-electron chi connectivity index (χ4n) is 3.16. The molecule has 23 heavy (non-hydrogen) atoms. The van der Waals surface area contributed by atoms with Gasteiger partial charge in [0.15, 0.2) is 11.5 Å². The maximum Gasteiger partial charge on any atom is 0.253 e. The lowest BCUT2D eigenvalue weighted by Crippen LogP contribution is -2.28. The number of likely N-dealkylation sites (tertiary alicyclic amines) is 1. The van der Waals surface area contributed by atoms with E-state index in [0.717, 1.165) is 31.0 Å². The van der Waals surface area contributed by atoms with Crippen LogP contribution in [0.4, 0.5) is 0 Å². The molecule has 4 nitrogen and oxygen atoms in total. The molecule has 2 aliphatic rings. The lowest BCUT2D eigenvalue weighted by atomic mass is 9.98. The van der Waals surface area contributed by atoms with Gasteiger partial charge in [0.25, 0.3) is 5.91 Å². The number of amides is 1. The zero-order valence-corrected chi connectivity index (χ0v) is 13.3. The molecule has 1 saturated heterocycles. The Morgan fingerprint density at radius 1 is 1.09 bits per heavy atom. The third-order valence-corrected chi connectivity index (χ3v) is 4.69. The molecule has 2 heterocycles. The van der Waals surface area contributed by atoms with E-state index in [1.54, 1.807) is 24.3 Å². The molecular formula is C18H16ClNO3. The van der Waals surface area contributed by atoms with Gasteiger partial charge in [0.05, 0.1) is 0 Å². The average molecular weight is 330 g/mol. The molecule has 1 fully saturated rings. The summed E-state index contributed by atoms with van der Waals surface area (Å²) in [5.74, 6) is 1.98. The molecule has 0 N–H and O–H groups in total. The van der Waals surface area contributed by atoms with Gasteiger partial charge in [0.2, 0.25) is 6.79 Å². The molecule has 2 aromatic rings. The van der Waals surface area contributed by atoms with Crippen LogP contribution in [0.5, 0.6) is 11.5 Å². The van der Waals surface area contributed by atoms with Crippen LogP contribution in [0.3, 0.4) is 0 Å². The third kappa shape index (κ3) is 2.75. The third-order valence-electron chi connectivity index (χ3n) is 4.43. The first-order valence-corrected chi connectivity index (χ1v) is 8.03. The molecule has 4 rings (SSSR count). The van der Waals surface area contributed by atoms with Crippen molar-refractivity contribution < 1.29 is 14.3 Å². The second-order valence-electron chi connectivity index (χ2n) is 5.86. The van der Waals surface area contributed by atoms with Crippen molar-refractivity contribution in [2.75, 3.05) is 19.9 Å². The summed E-state index contributed by atoms with van der Waals surface area (Å²) in [4.78, 5) is 14.5. The maximum absolute atomic E-state index is 12.6. The predicted octanol–water partition coefficient (Wildman–Crippen LogP) is 3.70. The van der Waals surface area contributed by atoms with E-state index in [9.17, 15) is 4.79 Å². The second kappa shape index (κ2) is 5.78. The van der Waals surface area contributed by atoms with Gasteiger partial charge in [-0.2, -0.15) is 0 Å². The number of carbonyl (C=O) groups is 1. The predicted molar refractivity (Wildman–Crippen MR) is 87.3 cm³/mol. The van der Waals surface area contributed by atoms with Gasteiger partial charge in [-0.15, -0.1) is 0 Å². The molecule has 2 aromatic carbocycles. The first kappa shape index (κ1) is 14.4. The Kier molecular flexibility index (Phi) is 3.62. The number of rotatable bonds is 2. The normalized spacial score (nSPS) is 19.2. The molecular weight excluding hydrogens is 314 g/mol. The number of nitrogens with zero attached hydrogens (tertiary/aromatic N) is 1. The van der Waals surface area contributed by atoms with Crippen LogP contribution in [-0.2, 0) is 0 Å². The maximum atomic E-state index is 12.6. The van der Waals surface area contributed by atoms with Crippen LogP contribution in [0.2, 0.25) is 5.02 Å². The lowest BCUT2D eigenvalue weighted by molar-refractivity contribution is 0.0791. The number of fused-ring (bicyclic) bond motifs is 1. The summed E-state index contributed by atoms with van der Waals surface area (Å²) in [5, 5.41) is 0.640. The number of halogens is 1. The highest BCUT2D eigenvalue weighted by atomic mass is 35.5. The Balaban J connectivity index is 1.48. The number of hydrogen-bond acceptors (Lipinski definition) is 3.